The van der Waals surface area contributed by atoms with E-state index >= 15 is 0 Å². The van der Waals surface area contributed by atoms with Crippen molar-refractivity contribution in [3.05, 3.63) is 35.6 Å². The Kier molecular flexibility index (Phi) is 3.74. The number of carbonyl (C=O) groups is 1. The van der Waals surface area contributed by atoms with Gasteiger partial charge in [-0.2, -0.15) is 0 Å². The van der Waals surface area contributed by atoms with E-state index in [1.165, 1.54) is 6.07 Å². The summed E-state index contributed by atoms with van der Waals surface area (Å²) in [5.74, 6) is -0.00780. The summed E-state index contributed by atoms with van der Waals surface area (Å²) in [5.41, 5.74) is 0.990. The molecule has 20 heavy (non-hydrogen) atoms. The Hall–Kier alpha value is -1.42. The molecule has 1 aliphatic carbocycles. The zero-order valence-electron chi connectivity index (χ0n) is 11.9. The van der Waals surface area contributed by atoms with Crippen molar-refractivity contribution in [2.24, 2.45) is 0 Å². The minimum atomic E-state index is -0.198. The van der Waals surface area contributed by atoms with Crippen LogP contribution in [-0.2, 0) is 4.79 Å². The number of amides is 1. The molecule has 1 aliphatic heterocycles. The number of benzene rings is 1. The molecule has 1 heterocycles. The fourth-order valence-electron chi connectivity index (χ4n) is 3.06. The average Bonchev–Trinajstić information content (AvgIpc) is 3.18. The monoisotopic (exact) mass is 276 g/mol. The molecule has 1 aromatic rings. The molecule has 0 N–H and O–H groups in total. The van der Waals surface area contributed by atoms with Gasteiger partial charge in [0, 0.05) is 19.1 Å². The van der Waals surface area contributed by atoms with Gasteiger partial charge >= 0.3 is 0 Å². The van der Waals surface area contributed by atoms with Crippen LogP contribution in [0.4, 0.5) is 4.39 Å². The third kappa shape index (κ3) is 2.85. The van der Waals surface area contributed by atoms with Crippen molar-refractivity contribution in [3.63, 3.8) is 0 Å². The van der Waals surface area contributed by atoms with E-state index in [4.69, 9.17) is 0 Å². The first kappa shape index (κ1) is 13.6. The summed E-state index contributed by atoms with van der Waals surface area (Å²) in [4.78, 5) is 16.3. The molecular weight excluding hydrogens is 255 g/mol. The summed E-state index contributed by atoms with van der Waals surface area (Å²) < 4.78 is 13.4. The quantitative estimate of drug-likeness (QED) is 0.844. The molecule has 2 aliphatic rings. The lowest BCUT2D eigenvalue weighted by molar-refractivity contribution is -0.131. The van der Waals surface area contributed by atoms with Gasteiger partial charge in [-0.15, -0.1) is 0 Å². The fourth-order valence-corrected chi connectivity index (χ4v) is 3.06. The van der Waals surface area contributed by atoms with E-state index in [9.17, 15) is 9.18 Å². The van der Waals surface area contributed by atoms with E-state index in [-0.39, 0.29) is 17.8 Å². The average molecular weight is 276 g/mol. The third-order valence-electron chi connectivity index (χ3n) is 4.42. The molecule has 3 rings (SSSR count). The molecule has 0 radical (unpaired) electrons. The largest absolute Gasteiger partial charge is 0.342 e. The van der Waals surface area contributed by atoms with Crippen LogP contribution in [0.3, 0.4) is 0 Å². The minimum Gasteiger partial charge on any atom is -0.342 e. The zero-order valence-corrected chi connectivity index (χ0v) is 11.9. The van der Waals surface area contributed by atoms with Crippen molar-refractivity contribution in [1.29, 1.82) is 0 Å². The maximum absolute atomic E-state index is 13.4. The van der Waals surface area contributed by atoms with Gasteiger partial charge in [0.2, 0.25) is 5.91 Å². The van der Waals surface area contributed by atoms with Crippen LogP contribution in [0.15, 0.2) is 24.3 Å². The van der Waals surface area contributed by atoms with Gasteiger partial charge in [0.05, 0.1) is 6.54 Å². The zero-order chi connectivity index (χ0) is 14.1. The van der Waals surface area contributed by atoms with E-state index in [1.807, 2.05) is 18.0 Å². The maximum Gasteiger partial charge on any atom is 0.236 e. The SMILES string of the molecule is CN(C(=O)CN1CCC[C@@H]1c1cccc(F)c1)C1CC1. The lowest BCUT2D eigenvalue weighted by Gasteiger charge is -2.26. The number of hydrogen-bond acceptors (Lipinski definition) is 2. The summed E-state index contributed by atoms with van der Waals surface area (Å²) in [6.45, 7) is 1.37. The molecule has 1 amide bonds. The maximum atomic E-state index is 13.4. The molecule has 1 atom stereocenters. The van der Waals surface area contributed by atoms with Gasteiger partial charge in [0.1, 0.15) is 5.82 Å². The number of likely N-dealkylation sites (N-methyl/N-ethyl adjacent to an activating group) is 1. The van der Waals surface area contributed by atoms with Crippen LogP contribution < -0.4 is 0 Å². The third-order valence-corrected chi connectivity index (χ3v) is 4.42. The first-order chi connectivity index (χ1) is 9.65. The minimum absolute atomic E-state index is 0.183. The second kappa shape index (κ2) is 5.52. The highest BCUT2D eigenvalue weighted by atomic mass is 19.1. The first-order valence-corrected chi connectivity index (χ1v) is 7.40. The topological polar surface area (TPSA) is 23.6 Å². The summed E-state index contributed by atoms with van der Waals surface area (Å²) in [6.07, 6.45) is 4.34. The Morgan fingerprint density at radius 3 is 2.90 bits per heavy atom. The molecule has 0 bridgehead atoms. The van der Waals surface area contributed by atoms with Gasteiger partial charge in [0.15, 0.2) is 0 Å². The van der Waals surface area contributed by atoms with Gasteiger partial charge < -0.3 is 4.90 Å². The number of rotatable bonds is 4. The summed E-state index contributed by atoms with van der Waals surface area (Å²) in [7, 11) is 1.90. The van der Waals surface area contributed by atoms with Crippen molar-refractivity contribution >= 4 is 5.91 Å². The van der Waals surface area contributed by atoms with E-state index in [1.54, 1.807) is 12.1 Å². The van der Waals surface area contributed by atoms with Crippen molar-refractivity contribution in [2.75, 3.05) is 20.1 Å². The highest BCUT2D eigenvalue weighted by molar-refractivity contribution is 5.78. The van der Waals surface area contributed by atoms with Crippen LogP contribution >= 0.6 is 0 Å². The van der Waals surface area contributed by atoms with Gasteiger partial charge in [-0.3, -0.25) is 9.69 Å². The summed E-state index contributed by atoms with van der Waals surface area (Å²) in [5, 5.41) is 0. The van der Waals surface area contributed by atoms with Crippen molar-refractivity contribution < 1.29 is 9.18 Å². The Bertz CT molecular complexity index is 501. The predicted molar refractivity (Wildman–Crippen MR) is 75.7 cm³/mol. The van der Waals surface area contributed by atoms with Crippen LogP contribution in [0.1, 0.15) is 37.3 Å². The van der Waals surface area contributed by atoms with Crippen molar-refractivity contribution in [2.45, 2.75) is 37.8 Å². The van der Waals surface area contributed by atoms with Gasteiger partial charge in [-0.1, -0.05) is 12.1 Å². The van der Waals surface area contributed by atoms with Crippen molar-refractivity contribution in [3.8, 4) is 0 Å². The van der Waals surface area contributed by atoms with E-state index in [0.717, 1.165) is 37.8 Å². The van der Waals surface area contributed by atoms with Gasteiger partial charge in [-0.05, 0) is 49.9 Å². The normalized spacial score (nSPS) is 23.0. The standard InChI is InChI=1S/C16H21FN2O/c1-18(14-7-8-14)16(20)11-19-9-3-6-15(19)12-4-2-5-13(17)10-12/h2,4-5,10,14-15H,3,6-9,11H2,1H3/t15-/m1/s1. The first-order valence-electron chi connectivity index (χ1n) is 7.40. The second-order valence-corrected chi connectivity index (χ2v) is 5.92. The van der Waals surface area contributed by atoms with Crippen LogP contribution in [0, 0.1) is 5.82 Å². The number of nitrogens with zero attached hydrogens (tertiary/aromatic N) is 2. The Morgan fingerprint density at radius 2 is 2.20 bits per heavy atom. The number of hydrogen-bond donors (Lipinski definition) is 0. The molecule has 1 saturated carbocycles. The highest BCUT2D eigenvalue weighted by Crippen LogP contribution is 2.32. The van der Waals surface area contributed by atoms with Crippen LogP contribution in [-0.4, -0.2) is 41.9 Å². The summed E-state index contributed by atoms with van der Waals surface area (Å²) in [6, 6.07) is 7.41. The number of likely N-dealkylation sites (tertiary alicyclic amines) is 1. The number of carbonyl (C=O) groups excluding carboxylic acids is 1. The summed E-state index contributed by atoms with van der Waals surface area (Å²) >= 11 is 0. The smallest absolute Gasteiger partial charge is 0.236 e. The van der Waals surface area contributed by atoms with Gasteiger partial charge in [0.25, 0.3) is 0 Å². The Morgan fingerprint density at radius 1 is 1.40 bits per heavy atom. The molecule has 1 aromatic carbocycles. The van der Waals surface area contributed by atoms with E-state index < -0.39 is 0 Å². The molecule has 0 unspecified atom stereocenters. The Balaban J connectivity index is 1.67. The van der Waals surface area contributed by atoms with Crippen LogP contribution in [0.25, 0.3) is 0 Å². The molecule has 0 aromatic heterocycles. The van der Waals surface area contributed by atoms with Crippen molar-refractivity contribution in [1.82, 2.24) is 9.80 Å². The van der Waals surface area contributed by atoms with E-state index in [0.29, 0.717) is 12.6 Å². The molecule has 108 valence electrons. The van der Waals surface area contributed by atoms with Crippen LogP contribution in [0.5, 0.6) is 0 Å². The fraction of sp³-hybridized carbons (Fsp3) is 0.562. The van der Waals surface area contributed by atoms with E-state index in [2.05, 4.69) is 4.90 Å². The molecule has 0 spiro atoms. The van der Waals surface area contributed by atoms with Crippen LogP contribution in [0.2, 0.25) is 0 Å². The Labute approximate surface area is 119 Å². The molecule has 1 saturated heterocycles. The van der Waals surface area contributed by atoms with Gasteiger partial charge in [-0.25, -0.2) is 4.39 Å². The molecule has 2 fully saturated rings. The second-order valence-electron chi connectivity index (χ2n) is 5.92. The molecule has 4 heteroatoms. The lowest BCUT2D eigenvalue weighted by atomic mass is 10.0. The predicted octanol–water partition coefficient (Wildman–Crippen LogP) is 2.58. The highest BCUT2D eigenvalue weighted by Gasteiger charge is 2.33. The molecular formula is C16H21FN2O. The lowest BCUT2D eigenvalue weighted by Crippen LogP contribution is -2.39. The molecule has 3 nitrogen and oxygen atoms in total. The number of halogens is 1.